The van der Waals surface area contributed by atoms with Crippen molar-refractivity contribution in [1.82, 2.24) is 14.9 Å². The monoisotopic (exact) mass is 430 g/mol. The highest BCUT2D eigenvalue weighted by Gasteiger charge is 2.25. The SMILES string of the molecule is COc1ccc(CCC(=O)N2CCC[C@@H](c3cccc(Nc4ncccc4C)n3)C2)cc1. The molecule has 1 aromatic carbocycles. The maximum Gasteiger partial charge on any atom is 0.222 e. The van der Waals surface area contributed by atoms with Crippen LogP contribution in [-0.4, -0.2) is 41.0 Å². The van der Waals surface area contributed by atoms with Gasteiger partial charge >= 0.3 is 0 Å². The predicted molar refractivity (Wildman–Crippen MR) is 126 cm³/mol. The molecule has 0 spiro atoms. The number of piperidine rings is 1. The van der Waals surface area contributed by atoms with Crippen LogP contribution in [0, 0.1) is 6.92 Å². The minimum absolute atomic E-state index is 0.212. The summed E-state index contributed by atoms with van der Waals surface area (Å²) in [4.78, 5) is 24.1. The number of carbonyl (C=O) groups excluding carboxylic acids is 1. The van der Waals surface area contributed by atoms with E-state index in [0.29, 0.717) is 6.42 Å². The lowest BCUT2D eigenvalue weighted by atomic mass is 9.94. The number of methoxy groups -OCH3 is 1. The molecule has 0 radical (unpaired) electrons. The Morgan fingerprint density at radius 1 is 1.16 bits per heavy atom. The van der Waals surface area contributed by atoms with Crippen LogP contribution in [0.5, 0.6) is 5.75 Å². The van der Waals surface area contributed by atoms with E-state index in [4.69, 9.17) is 9.72 Å². The molecule has 1 aliphatic rings. The summed E-state index contributed by atoms with van der Waals surface area (Å²) in [5.74, 6) is 2.90. The molecule has 2 aromatic heterocycles. The predicted octanol–water partition coefficient (Wildman–Crippen LogP) is 4.88. The average Bonchev–Trinajstić information content (AvgIpc) is 2.84. The van der Waals surface area contributed by atoms with Crippen LogP contribution >= 0.6 is 0 Å². The highest BCUT2D eigenvalue weighted by atomic mass is 16.5. The number of hydrogen-bond acceptors (Lipinski definition) is 5. The molecular formula is C26H30N4O2. The smallest absolute Gasteiger partial charge is 0.222 e. The number of benzene rings is 1. The summed E-state index contributed by atoms with van der Waals surface area (Å²) in [6.45, 7) is 3.57. The minimum atomic E-state index is 0.212. The van der Waals surface area contributed by atoms with E-state index >= 15 is 0 Å². The number of anilines is 2. The zero-order chi connectivity index (χ0) is 22.3. The van der Waals surface area contributed by atoms with Gasteiger partial charge in [-0.2, -0.15) is 0 Å². The van der Waals surface area contributed by atoms with E-state index in [1.54, 1.807) is 13.3 Å². The van der Waals surface area contributed by atoms with Crippen LogP contribution in [0.25, 0.3) is 0 Å². The van der Waals surface area contributed by atoms with Gasteiger partial charge in [-0.25, -0.2) is 9.97 Å². The number of aryl methyl sites for hydroxylation is 2. The topological polar surface area (TPSA) is 67.3 Å². The third kappa shape index (κ3) is 5.44. The molecule has 6 nitrogen and oxygen atoms in total. The van der Waals surface area contributed by atoms with E-state index in [1.807, 2.05) is 60.4 Å². The summed E-state index contributed by atoms with van der Waals surface area (Å²) < 4.78 is 5.20. The van der Waals surface area contributed by atoms with Crippen LogP contribution in [0.4, 0.5) is 11.6 Å². The molecule has 0 unspecified atom stereocenters. The molecule has 1 amide bonds. The fraction of sp³-hybridized carbons (Fsp3) is 0.346. The minimum Gasteiger partial charge on any atom is -0.497 e. The molecule has 4 rings (SSSR count). The number of likely N-dealkylation sites (tertiary alicyclic amines) is 1. The maximum atomic E-state index is 12.9. The molecule has 6 heteroatoms. The Morgan fingerprint density at radius 2 is 2.00 bits per heavy atom. The number of pyridine rings is 2. The fourth-order valence-electron chi connectivity index (χ4n) is 4.13. The van der Waals surface area contributed by atoms with Gasteiger partial charge in [-0.1, -0.05) is 24.3 Å². The van der Waals surface area contributed by atoms with E-state index in [0.717, 1.165) is 66.6 Å². The fourth-order valence-corrected chi connectivity index (χ4v) is 4.13. The lowest BCUT2D eigenvalue weighted by molar-refractivity contribution is -0.132. The lowest BCUT2D eigenvalue weighted by Gasteiger charge is -2.32. The molecule has 0 bridgehead atoms. The Morgan fingerprint density at radius 3 is 2.78 bits per heavy atom. The number of nitrogens with zero attached hydrogens (tertiary/aromatic N) is 3. The molecule has 1 atom stereocenters. The van der Waals surface area contributed by atoms with Gasteiger partial charge in [-0.15, -0.1) is 0 Å². The first-order valence-corrected chi connectivity index (χ1v) is 11.2. The Kier molecular flexibility index (Phi) is 7.00. The summed E-state index contributed by atoms with van der Waals surface area (Å²) >= 11 is 0. The van der Waals surface area contributed by atoms with Crippen LogP contribution in [0.2, 0.25) is 0 Å². The first-order chi connectivity index (χ1) is 15.6. The molecule has 32 heavy (non-hydrogen) atoms. The molecule has 3 heterocycles. The molecule has 0 aliphatic carbocycles. The molecule has 166 valence electrons. The van der Waals surface area contributed by atoms with Gasteiger partial charge in [0.05, 0.1) is 7.11 Å². The third-order valence-electron chi connectivity index (χ3n) is 6.01. The number of aromatic nitrogens is 2. The second-order valence-electron chi connectivity index (χ2n) is 8.27. The molecule has 1 N–H and O–H groups in total. The number of carbonyl (C=O) groups is 1. The highest BCUT2D eigenvalue weighted by Crippen LogP contribution is 2.28. The second kappa shape index (κ2) is 10.3. The van der Waals surface area contributed by atoms with E-state index in [2.05, 4.69) is 16.4 Å². The Labute approximate surface area is 189 Å². The van der Waals surface area contributed by atoms with Crippen LogP contribution in [0.3, 0.4) is 0 Å². The number of nitrogens with one attached hydrogen (secondary N) is 1. The quantitative estimate of drug-likeness (QED) is 0.579. The third-order valence-corrected chi connectivity index (χ3v) is 6.01. The standard InChI is InChI=1S/C26H30N4O2/c1-19-6-4-16-27-26(19)29-24-9-3-8-23(28-24)21-7-5-17-30(18-21)25(31)15-12-20-10-13-22(32-2)14-11-20/h3-4,6,8-11,13-14,16,21H,5,7,12,15,17-18H2,1-2H3,(H,27,28,29)/t21-/m1/s1. The van der Waals surface area contributed by atoms with Crippen molar-refractivity contribution in [2.24, 2.45) is 0 Å². The molecular weight excluding hydrogens is 400 g/mol. The van der Waals surface area contributed by atoms with E-state index in [1.165, 1.54) is 0 Å². The average molecular weight is 431 g/mol. The molecule has 0 saturated carbocycles. The molecule has 1 fully saturated rings. The van der Waals surface area contributed by atoms with E-state index in [-0.39, 0.29) is 11.8 Å². The molecule has 3 aromatic rings. The van der Waals surface area contributed by atoms with Crippen LogP contribution < -0.4 is 10.1 Å². The van der Waals surface area contributed by atoms with Gasteiger partial charge in [-0.3, -0.25) is 4.79 Å². The first kappa shape index (κ1) is 21.8. The van der Waals surface area contributed by atoms with Crippen molar-refractivity contribution in [3.8, 4) is 5.75 Å². The molecule has 1 aliphatic heterocycles. The van der Waals surface area contributed by atoms with Gasteiger partial charge in [0.15, 0.2) is 0 Å². The maximum absolute atomic E-state index is 12.9. The number of rotatable bonds is 7. The normalized spacial score (nSPS) is 15.9. The van der Waals surface area contributed by atoms with Crippen molar-refractivity contribution in [3.63, 3.8) is 0 Å². The summed E-state index contributed by atoms with van der Waals surface area (Å²) in [5, 5.41) is 3.32. The van der Waals surface area contributed by atoms with Gasteiger partial charge in [0.2, 0.25) is 5.91 Å². The second-order valence-corrected chi connectivity index (χ2v) is 8.27. The van der Waals surface area contributed by atoms with Gasteiger partial charge in [0.1, 0.15) is 17.4 Å². The zero-order valence-electron chi connectivity index (χ0n) is 18.8. The first-order valence-electron chi connectivity index (χ1n) is 11.2. The van der Waals surface area contributed by atoms with E-state index in [9.17, 15) is 4.79 Å². The summed E-state index contributed by atoms with van der Waals surface area (Å²) in [5.41, 5.74) is 3.25. The van der Waals surface area contributed by atoms with Crippen molar-refractivity contribution >= 4 is 17.5 Å². The van der Waals surface area contributed by atoms with Crippen molar-refractivity contribution in [2.45, 2.75) is 38.5 Å². The Balaban J connectivity index is 1.36. The van der Waals surface area contributed by atoms with Crippen molar-refractivity contribution in [2.75, 3.05) is 25.5 Å². The van der Waals surface area contributed by atoms with Crippen molar-refractivity contribution in [3.05, 3.63) is 77.6 Å². The Hall–Kier alpha value is -3.41. The van der Waals surface area contributed by atoms with E-state index < -0.39 is 0 Å². The summed E-state index contributed by atoms with van der Waals surface area (Å²) in [6.07, 6.45) is 5.08. The molecule has 1 saturated heterocycles. The van der Waals surface area contributed by atoms with Gasteiger partial charge < -0.3 is 15.0 Å². The van der Waals surface area contributed by atoms with Crippen LogP contribution in [0.1, 0.15) is 42.0 Å². The van der Waals surface area contributed by atoms with Gasteiger partial charge in [0.25, 0.3) is 0 Å². The largest absolute Gasteiger partial charge is 0.497 e. The lowest BCUT2D eigenvalue weighted by Crippen LogP contribution is -2.39. The van der Waals surface area contributed by atoms with Crippen molar-refractivity contribution in [1.29, 1.82) is 0 Å². The number of hydrogen-bond donors (Lipinski definition) is 1. The van der Waals surface area contributed by atoms with Gasteiger partial charge in [-0.05, 0) is 67.6 Å². The van der Waals surface area contributed by atoms with Crippen LogP contribution in [0.15, 0.2) is 60.8 Å². The number of ether oxygens (including phenoxy) is 1. The van der Waals surface area contributed by atoms with Crippen molar-refractivity contribution < 1.29 is 9.53 Å². The van der Waals surface area contributed by atoms with Gasteiger partial charge in [0, 0.05) is 37.3 Å². The summed E-state index contributed by atoms with van der Waals surface area (Å²) in [6, 6.07) is 17.9. The number of amides is 1. The summed E-state index contributed by atoms with van der Waals surface area (Å²) in [7, 11) is 1.66. The Bertz CT molecular complexity index is 1050. The highest BCUT2D eigenvalue weighted by molar-refractivity contribution is 5.76. The van der Waals surface area contributed by atoms with Crippen LogP contribution in [-0.2, 0) is 11.2 Å². The zero-order valence-corrected chi connectivity index (χ0v) is 18.8.